The molecule has 0 atom stereocenters. The molecule has 8 nitrogen and oxygen atoms in total. The van der Waals surface area contributed by atoms with Crippen molar-refractivity contribution in [1.29, 1.82) is 0 Å². The number of carbonyl (C=O) groups is 3. The highest BCUT2D eigenvalue weighted by atomic mass is 32.1. The zero-order chi connectivity index (χ0) is 21.3. The lowest BCUT2D eigenvalue weighted by Crippen LogP contribution is -2.54. The zero-order valence-electron chi connectivity index (χ0n) is 16.0. The first kappa shape index (κ1) is 19.8. The molecule has 3 heterocycles. The van der Waals surface area contributed by atoms with E-state index in [9.17, 15) is 14.4 Å². The van der Waals surface area contributed by atoms with E-state index in [4.69, 9.17) is 21.7 Å². The monoisotopic (exact) mass is 425 g/mol. The topological polar surface area (TPSA) is 103 Å². The Bertz CT molecular complexity index is 1050. The number of benzene rings is 1. The molecule has 154 valence electrons. The smallest absolute Gasteiger partial charge is 0.335 e. The molecule has 2 aliphatic rings. The maximum Gasteiger partial charge on any atom is 0.335 e. The van der Waals surface area contributed by atoms with Gasteiger partial charge in [0.15, 0.2) is 11.0 Å². The van der Waals surface area contributed by atoms with Gasteiger partial charge in [0.25, 0.3) is 11.8 Å². The van der Waals surface area contributed by atoms with E-state index in [0.29, 0.717) is 17.3 Å². The minimum Gasteiger partial charge on any atom is -0.478 e. The summed E-state index contributed by atoms with van der Waals surface area (Å²) in [5.74, 6) is -1.20. The second kappa shape index (κ2) is 8.11. The van der Waals surface area contributed by atoms with E-state index in [0.717, 1.165) is 30.8 Å². The number of hydrogen-bond acceptors (Lipinski definition) is 6. The normalized spacial score (nSPS) is 18.7. The molecular weight excluding hydrogens is 406 g/mol. The summed E-state index contributed by atoms with van der Waals surface area (Å²) in [7, 11) is 0. The fourth-order valence-corrected chi connectivity index (χ4v) is 3.77. The average molecular weight is 425 g/mol. The Kier molecular flexibility index (Phi) is 5.37. The molecule has 2 amide bonds. The van der Waals surface area contributed by atoms with Crippen molar-refractivity contribution in [2.75, 3.05) is 22.9 Å². The summed E-state index contributed by atoms with van der Waals surface area (Å²) in [4.78, 5) is 39.8. The van der Waals surface area contributed by atoms with Crippen LogP contribution in [0.3, 0.4) is 0 Å². The van der Waals surface area contributed by atoms with Crippen LogP contribution in [0.25, 0.3) is 6.08 Å². The van der Waals surface area contributed by atoms with E-state index < -0.39 is 17.8 Å². The molecule has 0 unspecified atom stereocenters. The van der Waals surface area contributed by atoms with Crippen molar-refractivity contribution in [1.82, 2.24) is 5.32 Å². The molecule has 0 bridgehead atoms. The first-order valence-corrected chi connectivity index (χ1v) is 9.94. The van der Waals surface area contributed by atoms with Gasteiger partial charge in [0.05, 0.1) is 11.3 Å². The van der Waals surface area contributed by atoms with Crippen LogP contribution in [-0.2, 0) is 9.59 Å². The molecule has 0 saturated carbocycles. The molecular formula is C21H19N3O5S. The van der Waals surface area contributed by atoms with Gasteiger partial charge >= 0.3 is 5.97 Å². The Morgan fingerprint density at radius 2 is 1.77 bits per heavy atom. The van der Waals surface area contributed by atoms with Crippen molar-refractivity contribution < 1.29 is 23.9 Å². The fourth-order valence-electron chi connectivity index (χ4n) is 3.49. The summed E-state index contributed by atoms with van der Waals surface area (Å²) in [6.07, 6.45) is 4.80. The average Bonchev–Trinajstić information content (AvgIpc) is 3.21. The lowest BCUT2D eigenvalue weighted by atomic mass is 10.1. The van der Waals surface area contributed by atoms with Gasteiger partial charge in [-0.1, -0.05) is 0 Å². The van der Waals surface area contributed by atoms with Crippen molar-refractivity contribution in [3.8, 4) is 0 Å². The van der Waals surface area contributed by atoms with Gasteiger partial charge in [0.2, 0.25) is 0 Å². The molecule has 2 N–H and O–H groups in total. The number of amides is 2. The Morgan fingerprint density at radius 1 is 1.07 bits per heavy atom. The van der Waals surface area contributed by atoms with Crippen molar-refractivity contribution in [3.63, 3.8) is 0 Å². The lowest BCUT2D eigenvalue weighted by molar-refractivity contribution is -0.122. The van der Waals surface area contributed by atoms with Gasteiger partial charge in [-0.25, -0.2) is 4.79 Å². The lowest BCUT2D eigenvalue weighted by Gasteiger charge is -2.28. The van der Waals surface area contributed by atoms with Crippen LogP contribution in [0.5, 0.6) is 0 Å². The van der Waals surface area contributed by atoms with E-state index in [2.05, 4.69) is 10.2 Å². The van der Waals surface area contributed by atoms with Crippen molar-refractivity contribution in [2.45, 2.75) is 19.3 Å². The van der Waals surface area contributed by atoms with Crippen LogP contribution in [-0.4, -0.2) is 41.1 Å². The summed E-state index contributed by atoms with van der Waals surface area (Å²) in [6.45, 7) is 1.83. The number of hydrogen-bond donors (Lipinski definition) is 2. The number of piperidine rings is 1. The summed E-state index contributed by atoms with van der Waals surface area (Å²) < 4.78 is 5.83. The van der Waals surface area contributed by atoms with E-state index in [1.807, 2.05) is 6.07 Å². The highest BCUT2D eigenvalue weighted by molar-refractivity contribution is 7.80. The number of carboxylic acid groups (broad SMARTS) is 1. The SMILES string of the molecule is O=C1NC(=S)N(c2ccc(C(=O)O)cc2)C(=O)/C1=C/c1ccc(N2CCCCC2)o1. The van der Waals surface area contributed by atoms with Gasteiger partial charge in [-0.3, -0.25) is 19.8 Å². The first-order valence-electron chi connectivity index (χ1n) is 9.53. The first-order chi connectivity index (χ1) is 14.4. The number of anilines is 2. The summed E-state index contributed by atoms with van der Waals surface area (Å²) >= 11 is 5.15. The van der Waals surface area contributed by atoms with Crippen LogP contribution in [0.4, 0.5) is 11.6 Å². The van der Waals surface area contributed by atoms with Crippen LogP contribution in [0.1, 0.15) is 35.4 Å². The number of nitrogens with one attached hydrogen (secondary N) is 1. The van der Waals surface area contributed by atoms with Gasteiger partial charge < -0.3 is 14.4 Å². The number of rotatable bonds is 4. The minimum absolute atomic E-state index is 0.0707. The van der Waals surface area contributed by atoms with Crippen LogP contribution in [0.15, 0.2) is 46.4 Å². The van der Waals surface area contributed by atoms with Gasteiger partial charge in [0.1, 0.15) is 11.3 Å². The maximum absolute atomic E-state index is 13.0. The van der Waals surface area contributed by atoms with Crippen LogP contribution in [0.2, 0.25) is 0 Å². The second-order valence-electron chi connectivity index (χ2n) is 7.03. The van der Waals surface area contributed by atoms with Gasteiger partial charge in [-0.15, -0.1) is 0 Å². The number of nitrogens with zero attached hydrogens (tertiary/aromatic N) is 2. The molecule has 2 aromatic rings. The second-order valence-corrected chi connectivity index (χ2v) is 7.42. The number of aromatic carboxylic acids is 1. The minimum atomic E-state index is -1.08. The maximum atomic E-state index is 13.0. The quantitative estimate of drug-likeness (QED) is 0.441. The van der Waals surface area contributed by atoms with Crippen LogP contribution < -0.4 is 15.1 Å². The van der Waals surface area contributed by atoms with E-state index in [1.165, 1.54) is 36.8 Å². The fraction of sp³-hybridized carbons (Fsp3) is 0.238. The number of carboxylic acids is 1. The van der Waals surface area contributed by atoms with Crippen molar-refractivity contribution >= 4 is 52.8 Å². The predicted molar refractivity (Wildman–Crippen MR) is 114 cm³/mol. The molecule has 0 aliphatic carbocycles. The third-order valence-electron chi connectivity index (χ3n) is 5.04. The zero-order valence-corrected chi connectivity index (χ0v) is 16.8. The number of thiocarbonyl (C=S) groups is 1. The highest BCUT2D eigenvalue weighted by Crippen LogP contribution is 2.26. The predicted octanol–water partition coefficient (Wildman–Crippen LogP) is 2.80. The Labute approximate surface area is 177 Å². The molecule has 30 heavy (non-hydrogen) atoms. The third kappa shape index (κ3) is 3.84. The summed E-state index contributed by atoms with van der Waals surface area (Å²) in [6, 6.07) is 9.20. The van der Waals surface area contributed by atoms with Crippen molar-refractivity contribution in [2.24, 2.45) is 0 Å². The summed E-state index contributed by atoms with van der Waals surface area (Å²) in [5, 5.41) is 11.5. The Morgan fingerprint density at radius 3 is 2.43 bits per heavy atom. The molecule has 1 aromatic carbocycles. The van der Waals surface area contributed by atoms with E-state index >= 15 is 0 Å². The molecule has 4 rings (SSSR count). The standard InChI is InChI=1S/C21H19N3O5S/c25-18-16(12-15-8-9-17(29-15)23-10-2-1-3-11-23)19(26)24(21(30)22-18)14-6-4-13(5-7-14)20(27)28/h4-9,12H,1-3,10-11H2,(H,27,28)(H,22,25,30)/b16-12+. The van der Waals surface area contributed by atoms with Gasteiger partial charge in [0, 0.05) is 19.2 Å². The van der Waals surface area contributed by atoms with E-state index in [1.54, 1.807) is 6.07 Å². The molecule has 2 fully saturated rings. The third-order valence-corrected chi connectivity index (χ3v) is 5.33. The number of carbonyl (C=O) groups excluding carboxylic acids is 2. The highest BCUT2D eigenvalue weighted by Gasteiger charge is 2.34. The molecule has 9 heteroatoms. The van der Waals surface area contributed by atoms with E-state index in [-0.39, 0.29) is 16.2 Å². The largest absolute Gasteiger partial charge is 0.478 e. The van der Waals surface area contributed by atoms with Gasteiger partial charge in [-0.2, -0.15) is 0 Å². The van der Waals surface area contributed by atoms with Crippen molar-refractivity contribution in [3.05, 3.63) is 53.3 Å². The molecule has 1 aromatic heterocycles. The summed E-state index contributed by atoms with van der Waals surface area (Å²) in [5.41, 5.74) is 0.314. The van der Waals surface area contributed by atoms with Crippen LogP contribution in [0, 0.1) is 0 Å². The molecule has 0 radical (unpaired) electrons. The molecule has 2 aliphatic heterocycles. The molecule has 0 spiro atoms. The Balaban J connectivity index is 1.60. The van der Waals surface area contributed by atoms with Crippen LogP contribution >= 0.6 is 12.2 Å². The molecule has 2 saturated heterocycles. The van der Waals surface area contributed by atoms with Gasteiger partial charge in [-0.05, 0) is 67.9 Å². The Hall–Kier alpha value is -3.46. The number of furan rings is 1.